The number of hydrogen-bond acceptors (Lipinski definition) is 11. The normalized spacial score (nSPS) is 14.1. The van der Waals surface area contributed by atoms with Gasteiger partial charge in [-0.05, 0) is 118 Å². The number of nitrogens with zero attached hydrogens (tertiary/aromatic N) is 2. The monoisotopic (exact) mass is 876 g/mol. The van der Waals surface area contributed by atoms with Gasteiger partial charge in [-0.1, -0.05) is 29.5 Å². The van der Waals surface area contributed by atoms with Crippen molar-refractivity contribution in [3.63, 3.8) is 0 Å². The number of carbonyl (C=O) groups excluding carboxylic acids is 2. The molecule has 262 valence electrons. The predicted molar refractivity (Wildman–Crippen MR) is 200 cm³/mol. The van der Waals surface area contributed by atoms with Crippen LogP contribution in [0.1, 0.15) is 43.5 Å². The lowest BCUT2D eigenvalue weighted by Crippen LogP contribution is -2.40. The highest BCUT2D eigenvalue weighted by Gasteiger charge is 2.34. The minimum absolute atomic E-state index is 0.137. The fourth-order valence-corrected chi connectivity index (χ4v) is 7.22. The summed E-state index contributed by atoms with van der Waals surface area (Å²) in [4.78, 5) is 44.5. The average Bonchev–Trinajstić information content (AvgIpc) is 3.40. The number of esters is 2. The number of aromatic nitrogens is 1. The lowest BCUT2D eigenvalue weighted by Gasteiger charge is -2.25. The standard InChI is InChI=1S/C36H34BrIN2O9S/c1-6-46-27-17-23(10-13-26(27)48-19-30(41)45-5)32-31(35(43)47-7-2)20(3)39-36-40(32)34(42)29(50-36)16-22-14-25(37)33(28(15-22)44-4)49-18-21-8-11-24(38)12-9-21/h8-17,32H,6-7,18-19H2,1-5H3/b29-16-/t32-/m1/s1. The van der Waals surface area contributed by atoms with Crippen molar-refractivity contribution in [2.75, 3.05) is 34.0 Å². The van der Waals surface area contributed by atoms with E-state index in [9.17, 15) is 14.4 Å². The topological polar surface area (TPSA) is 124 Å². The minimum atomic E-state index is -0.889. The third-order valence-corrected chi connectivity index (χ3v) is 9.81. The molecule has 2 heterocycles. The highest BCUT2D eigenvalue weighted by atomic mass is 127. The molecule has 0 saturated carbocycles. The van der Waals surface area contributed by atoms with Crippen molar-refractivity contribution >= 4 is 67.9 Å². The van der Waals surface area contributed by atoms with Gasteiger partial charge in [-0.2, -0.15) is 0 Å². The molecule has 0 radical (unpaired) electrons. The van der Waals surface area contributed by atoms with Crippen LogP contribution in [-0.2, 0) is 25.7 Å². The number of ether oxygens (including phenoxy) is 6. The van der Waals surface area contributed by atoms with E-state index < -0.39 is 18.0 Å². The molecule has 0 N–H and O–H groups in total. The molecule has 14 heteroatoms. The van der Waals surface area contributed by atoms with E-state index in [0.717, 1.165) is 9.13 Å². The van der Waals surface area contributed by atoms with Crippen molar-refractivity contribution in [3.8, 4) is 23.0 Å². The summed E-state index contributed by atoms with van der Waals surface area (Å²) < 4.78 is 37.1. The first kappa shape index (κ1) is 37.1. The van der Waals surface area contributed by atoms with Crippen LogP contribution in [0.2, 0.25) is 0 Å². The number of fused-ring (bicyclic) bond motifs is 1. The van der Waals surface area contributed by atoms with E-state index in [1.807, 2.05) is 37.3 Å². The van der Waals surface area contributed by atoms with Crippen LogP contribution < -0.4 is 33.8 Å². The van der Waals surface area contributed by atoms with Gasteiger partial charge in [0.1, 0.15) is 6.61 Å². The molecule has 1 aromatic heterocycles. The van der Waals surface area contributed by atoms with Crippen LogP contribution in [0.5, 0.6) is 23.0 Å². The largest absolute Gasteiger partial charge is 0.493 e. The van der Waals surface area contributed by atoms with Gasteiger partial charge in [0.25, 0.3) is 5.56 Å². The van der Waals surface area contributed by atoms with Crippen LogP contribution in [0.25, 0.3) is 6.08 Å². The molecule has 1 aliphatic rings. The highest BCUT2D eigenvalue weighted by molar-refractivity contribution is 14.1. The molecule has 0 saturated heterocycles. The van der Waals surface area contributed by atoms with E-state index in [0.29, 0.717) is 66.8 Å². The van der Waals surface area contributed by atoms with E-state index in [-0.39, 0.29) is 24.3 Å². The van der Waals surface area contributed by atoms with E-state index in [4.69, 9.17) is 28.4 Å². The van der Waals surface area contributed by atoms with Gasteiger partial charge in [0.15, 0.2) is 34.4 Å². The maximum absolute atomic E-state index is 14.2. The highest BCUT2D eigenvalue weighted by Crippen LogP contribution is 2.38. The Balaban J connectivity index is 1.58. The average molecular weight is 878 g/mol. The van der Waals surface area contributed by atoms with Crippen LogP contribution in [0.15, 0.2) is 80.1 Å². The minimum Gasteiger partial charge on any atom is -0.493 e. The molecule has 3 aromatic carbocycles. The quantitative estimate of drug-likeness (QED) is 0.123. The number of carbonyl (C=O) groups is 2. The fourth-order valence-electron chi connectivity index (χ4n) is 5.24. The maximum atomic E-state index is 14.2. The molecule has 0 bridgehead atoms. The zero-order chi connectivity index (χ0) is 35.9. The second kappa shape index (κ2) is 16.7. The molecular formula is C36H34BrIN2O9S. The van der Waals surface area contributed by atoms with Crippen LogP contribution in [0.4, 0.5) is 0 Å². The van der Waals surface area contributed by atoms with Gasteiger partial charge in [-0.3, -0.25) is 9.36 Å². The number of thiazole rings is 1. The van der Waals surface area contributed by atoms with Crippen LogP contribution in [0.3, 0.4) is 0 Å². The van der Waals surface area contributed by atoms with Crippen LogP contribution in [0, 0.1) is 3.57 Å². The molecular weight excluding hydrogens is 843 g/mol. The molecule has 1 atom stereocenters. The van der Waals surface area contributed by atoms with Crippen molar-refractivity contribution in [2.24, 2.45) is 4.99 Å². The van der Waals surface area contributed by atoms with Crippen molar-refractivity contribution in [3.05, 3.63) is 110 Å². The number of benzene rings is 3. The number of allylic oxidation sites excluding steroid dienone is 1. The number of hydrogen-bond donors (Lipinski definition) is 0. The van der Waals surface area contributed by atoms with Gasteiger partial charge in [-0.15, -0.1) is 0 Å². The van der Waals surface area contributed by atoms with Crippen LogP contribution in [-0.4, -0.2) is 50.5 Å². The smallest absolute Gasteiger partial charge is 0.343 e. The Morgan fingerprint density at radius 3 is 2.42 bits per heavy atom. The second-order valence-electron chi connectivity index (χ2n) is 10.8. The summed E-state index contributed by atoms with van der Waals surface area (Å²) in [5.41, 5.74) is 2.53. The van der Waals surface area contributed by atoms with E-state index in [2.05, 4.69) is 43.5 Å². The summed E-state index contributed by atoms with van der Waals surface area (Å²) in [6, 6.07) is 15.8. The Hall–Kier alpha value is -4.15. The van der Waals surface area contributed by atoms with Crippen molar-refractivity contribution in [2.45, 2.75) is 33.4 Å². The third-order valence-electron chi connectivity index (χ3n) is 7.52. The second-order valence-corrected chi connectivity index (χ2v) is 13.9. The molecule has 4 aromatic rings. The van der Waals surface area contributed by atoms with Crippen molar-refractivity contribution in [1.29, 1.82) is 0 Å². The Kier molecular flexibility index (Phi) is 12.4. The third kappa shape index (κ3) is 8.24. The molecule has 5 rings (SSSR count). The fraction of sp³-hybridized carbons (Fsp3) is 0.278. The summed E-state index contributed by atoms with van der Waals surface area (Å²) in [5.74, 6) is 0.503. The van der Waals surface area contributed by atoms with E-state index in [1.54, 1.807) is 51.3 Å². The Labute approximate surface area is 314 Å². The van der Waals surface area contributed by atoms with Gasteiger partial charge < -0.3 is 28.4 Å². The summed E-state index contributed by atoms with van der Waals surface area (Å²) in [7, 11) is 2.82. The molecule has 0 spiro atoms. The molecule has 1 aliphatic heterocycles. The molecule has 0 fully saturated rings. The molecule has 11 nitrogen and oxygen atoms in total. The Morgan fingerprint density at radius 2 is 1.74 bits per heavy atom. The van der Waals surface area contributed by atoms with Gasteiger partial charge >= 0.3 is 11.9 Å². The molecule has 50 heavy (non-hydrogen) atoms. The lowest BCUT2D eigenvalue weighted by molar-refractivity contribution is -0.143. The van der Waals surface area contributed by atoms with Gasteiger partial charge in [0.05, 0.1) is 53.8 Å². The molecule has 0 unspecified atom stereocenters. The summed E-state index contributed by atoms with van der Waals surface area (Å²) in [5, 5.41) is 0. The first-order valence-electron chi connectivity index (χ1n) is 15.5. The lowest BCUT2D eigenvalue weighted by atomic mass is 9.95. The zero-order valence-electron chi connectivity index (χ0n) is 27.9. The van der Waals surface area contributed by atoms with E-state index in [1.165, 1.54) is 23.0 Å². The first-order valence-corrected chi connectivity index (χ1v) is 18.2. The SMILES string of the molecule is CCOC(=O)C1=C(C)N=c2s/c(=C\c3cc(Br)c(OCc4ccc(I)cc4)c(OC)c3)c(=O)n2[C@@H]1c1ccc(OCC(=O)OC)c(OCC)c1. The Bertz CT molecular complexity index is 2130. The molecule has 0 aliphatic carbocycles. The van der Waals surface area contributed by atoms with Gasteiger partial charge in [0, 0.05) is 3.57 Å². The predicted octanol–water partition coefficient (Wildman–Crippen LogP) is 5.70. The Morgan fingerprint density at radius 1 is 0.980 bits per heavy atom. The summed E-state index contributed by atoms with van der Waals surface area (Å²) >= 11 is 7.07. The van der Waals surface area contributed by atoms with Gasteiger partial charge in [-0.25, -0.2) is 14.6 Å². The van der Waals surface area contributed by atoms with Crippen molar-refractivity contribution in [1.82, 2.24) is 4.57 Å². The number of halogens is 2. The number of methoxy groups -OCH3 is 2. The van der Waals surface area contributed by atoms with E-state index >= 15 is 0 Å². The first-order chi connectivity index (χ1) is 24.1. The zero-order valence-corrected chi connectivity index (χ0v) is 32.5. The molecule has 0 amide bonds. The van der Waals surface area contributed by atoms with Crippen molar-refractivity contribution < 1.29 is 38.0 Å². The van der Waals surface area contributed by atoms with Gasteiger partial charge in [0.2, 0.25) is 0 Å². The summed E-state index contributed by atoms with van der Waals surface area (Å²) in [6.07, 6.45) is 1.75. The summed E-state index contributed by atoms with van der Waals surface area (Å²) in [6.45, 7) is 5.69. The number of rotatable bonds is 13. The maximum Gasteiger partial charge on any atom is 0.343 e. The van der Waals surface area contributed by atoms with Crippen LogP contribution >= 0.6 is 49.9 Å².